The number of aryl methyl sites for hydroxylation is 2. The SMILES string of the molecule is Cc1cc(CN(Cc2cc3cccc(C)c3nc2N(CC2CC2)CC2CC2)c2nnn(CC(C)O)n2)cc(C(F)(F)F)c1. The number of tetrazole rings is 1. The third-order valence-corrected chi connectivity index (χ3v) is 8.11. The molecule has 6 rings (SSSR count). The van der Waals surface area contributed by atoms with E-state index < -0.39 is 17.8 Å². The molecule has 0 amide bonds. The van der Waals surface area contributed by atoms with Gasteiger partial charge in [-0.15, -0.1) is 5.10 Å². The number of nitrogens with zero attached hydrogens (tertiary/aromatic N) is 7. The summed E-state index contributed by atoms with van der Waals surface area (Å²) in [5.74, 6) is 2.52. The summed E-state index contributed by atoms with van der Waals surface area (Å²) >= 11 is 0. The van der Waals surface area contributed by atoms with Crippen LogP contribution in [0.25, 0.3) is 10.9 Å². The van der Waals surface area contributed by atoms with Crippen molar-refractivity contribution in [3.05, 3.63) is 70.3 Å². The predicted molar refractivity (Wildman–Crippen MR) is 160 cm³/mol. The highest BCUT2D eigenvalue weighted by molar-refractivity contribution is 5.84. The van der Waals surface area contributed by atoms with E-state index in [0.717, 1.165) is 47.0 Å². The molecule has 2 heterocycles. The molecule has 4 aromatic rings. The standard InChI is InChI=1S/C32H38F3N7O/c1-20-11-25(13-28(12-20)32(33,34)35)18-41(31-37-39-42(38-31)15-22(3)43)19-27-14-26-6-4-5-21(2)29(26)36-30(27)40(16-23-7-8-23)17-24-9-10-24/h4-6,11-14,22-24,43H,7-10,15-19H2,1-3H3. The smallest absolute Gasteiger partial charge is 0.391 e. The van der Waals surface area contributed by atoms with Crippen molar-refractivity contribution in [2.24, 2.45) is 11.8 Å². The van der Waals surface area contributed by atoms with Crippen LogP contribution in [-0.4, -0.2) is 49.5 Å². The Morgan fingerprint density at radius 2 is 1.70 bits per heavy atom. The van der Waals surface area contributed by atoms with Crippen molar-refractivity contribution < 1.29 is 18.3 Å². The molecule has 1 unspecified atom stereocenters. The van der Waals surface area contributed by atoms with Crippen molar-refractivity contribution >= 4 is 22.7 Å². The average Bonchev–Trinajstić information content (AvgIpc) is 3.87. The van der Waals surface area contributed by atoms with Gasteiger partial charge >= 0.3 is 6.18 Å². The predicted octanol–water partition coefficient (Wildman–Crippen LogP) is 6.07. The first kappa shape index (κ1) is 29.3. The first-order valence-corrected chi connectivity index (χ1v) is 15.0. The molecular formula is C32H38F3N7O. The lowest BCUT2D eigenvalue weighted by Crippen LogP contribution is -2.32. The van der Waals surface area contributed by atoms with Gasteiger partial charge in [-0.2, -0.15) is 18.0 Å². The zero-order chi connectivity index (χ0) is 30.3. The molecule has 11 heteroatoms. The Morgan fingerprint density at radius 1 is 0.977 bits per heavy atom. The first-order valence-electron chi connectivity index (χ1n) is 15.0. The first-order chi connectivity index (χ1) is 20.5. The molecule has 2 aromatic heterocycles. The van der Waals surface area contributed by atoms with Gasteiger partial charge < -0.3 is 14.9 Å². The van der Waals surface area contributed by atoms with Gasteiger partial charge in [0.15, 0.2) is 0 Å². The molecule has 2 fully saturated rings. The topological polar surface area (TPSA) is 83.2 Å². The lowest BCUT2D eigenvalue weighted by Gasteiger charge is -2.29. The fourth-order valence-corrected chi connectivity index (χ4v) is 5.66. The lowest BCUT2D eigenvalue weighted by atomic mass is 10.0. The van der Waals surface area contributed by atoms with Crippen molar-refractivity contribution in [3.8, 4) is 0 Å². The maximum Gasteiger partial charge on any atom is 0.416 e. The van der Waals surface area contributed by atoms with Gasteiger partial charge in [0, 0.05) is 37.1 Å². The van der Waals surface area contributed by atoms with E-state index in [4.69, 9.17) is 4.98 Å². The summed E-state index contributed by atoms with van der Waals surface area (Å²) in [7, 11) is 0. The zero-order valence-electron chi connectivity index (χ0n) is 24.8. The third-order valence-electron chi connectivity index (χ3n) is 8.11. The fourth-order valence-electron chi connectivity index (χ4n) is 5.66. The number of hydrogen-bond acceptors (Lipinski definition) is 7. The zero-order valence-corrected chi connectivity index (χ0v) is 24.8. The molecule has 2 saturated carbocycles. The van der Waals surface area contributed by atoms with Crippen LogP contribution in [0.1, 0.15) is 60.4 Å². The van der Waals surface area contributed by atoms with E-state index in [9.17, 15) is 18.3 Å². The largest absolute Gasteiger partial charge is 0.416 e. The summed E-state index contributed by atoms with van der Waals surface area (Å²) < 4.78 is 41.2. The normalized spacial score (nSPS) is 16.1. The van der Waals surface area contributed by atoms with E-state index in [1.165, 1.54) is 36.5 Å². The Kier molecular flexibility index (Phi) is 8.02. The number of aliphatic hydroxyl groups excluding tert-OH is 1. The van der Waals surface area contributed by atoms with Gasteiger partial charge in [-0.1, -0.05) is 34.9 Å². The minimum Gasteiger partial charge on any atom is -0.391 e. The van der Waals surface area contributed by atoms with E-state index in [1.54, 1.807) is 19.9 Å². The molecule has 0 aliphatic heterocycles. The molecule has 0 saturated heterocycles. The highest BCUT2D eigenvalue weighted by Crippen LogP contribution is 2.38. The van der Waals surface area contributed by atoms with Crippen LogP contribution in [0.3, 0.4) is 0 Å². The van der Waals surface area contributed by atoms with Crippen molar-refractivity contribution in [1.29, 1.82) is 0 Å². The molecule has 2 aliphatic rings. The van der Waals surface area contributed by atoms with Gasteiger partial charge in [0.2, 0.25) is 0 Å². The van der Waals surface area contributed by atoms with Crippen LogP contribution in [0.15, 0.2) is 42.5 Å². The van der Waals surface area contributed by atoms with Gasteiger partial charge in [0.1, 0.15) is 5.82 Å². The number of anilines is 2. The van der Waals surface area contributed by atoms with Gasteiger partial charge in [0.25, 0.3) is 5.95 Å². The Morgan fingerprint density at radius 3 is 2.35 bits per heavy atom. The van der Waals surface area contributed by atoms with Gasteiger partial charge in [-0.3, -0.25) is 0 Å². The van der Waals surface area contributed by atoms with Crippen LogP contribution in [0, 0.1) is 25.7 Å². The molecular weight excluding hydrogens is 555 g/mol. The summed E-state index contributed by atoms with van der Waals surface area (Å²) in [6.45, 7) is 7.89. The molecule has 1 atom stereocenters. The quantitative estimate of drug-likeness (QED) is 0.214. The number of para-hydroxylation sites is 1. The number of aliphatic hydroxyl groups is 1. The van der Waals surface area contributed by atoms with Crippen molar-refractivity contribution in [2.45, 2.75) is 78.4 Å². The highest BCUT2D eigenvalue weighted by Gasteiger charge is 2.33. The Balaban J connectivity index is 1.42. The molecule has 2 aromatic carbocycles. The van der Waals surface area contributed by atoms with Crippen molar-refractivity contribution in [2.75, 3.05) is 22.9 Å². The van der Waals surface area contributed by atoms with Gasteiger partial charge in [0.05, 0.1) is 23.7 Å². The summed E-state index contributed by atoms with van der Waals surface area (Å²) in [6.07, 6.45) is -0.245. The van der Waals surface area contributed by atoms with Crippen LogP contribution >= 0.6 is 0 Å². The lowest BCUT2D eigenvalue weighted by molar-refractivity contribution is -0.137. The molecule has 8 nitrogen and oxygen atoms in total. The molecule has 2 aliphatic carbocycles. The Bertz CT molecular complexity index is 1580. The number of hydrogen-bond donors (Lipinski definition) is 1. The minimum atomic E-state index is -4.45. The van der Waals surface area contributed by atoms with E-state index in [-0.39, 0.29) is 19.0 Å². The molecule has 228 valence electrons. The number of alkyl halides is 3. The van der Waals surface area contributed by atoms with Gasteiger partial charge in [-0.05, 0) is 92.8 Å². The molecule has 0 radical (unpaired) electrons. The second-order valence-corrected chi connectivity index (χ2v) is 12.5. The summed E-state index contributed by atoms with van der Waals surface area (Å²) in [5.41, 5.74) is 3.37. The Labute approximate surface area is 249 Å². The third kappa shape index (κ3) is 7.26. The van der Waals surface area contributed by atoms with E-state index in [1.807, 2.05) is 17.0 Å². The second-order valence-electron chi connectivity index (χ2n) is 12.5. The highest BCUT2D eigenvalue weighted by atomic mass is 19.4. The van der Waals surface area contributed by atoms with E-state index >= 15 is 0 Å². The van der Waals surface area contributed by atoms with Crippen LogP contribution < -0.4 is 9.80 Å². The number of pyridine rings is 1. The number of aromatic nitrogens is 5. The molecule has 1 N–H and O–H groups in total. The Hall–Kier alpha value is -3.73. The van der Waals surface area contributed by atoms with Crippen LogP contribution in [0.2, 0.25) is 0 Å². The monoisotopic (exact) mass is 593 g/mol. The minimum absolute atomic E-state index is 0.141. The maximum absolute atomic E-state index is 13.7. The van der Waals surface area contributed by atoms with Crippen LogP contribution in [-0.2, 0) is 25.8 Å². The fraction of sp³-hybridized carbons (Fsp3) is 0.500. The number of fused-ring (bicyclic) bond motifs is 1. The van der Waals surface area contributed by atoms with E-state index in [2.05, 4.69) is 39.4 Å². The van der Waals surface area contributed by atoms with Crippen LogP contribution in [0.4, 0.5) is 24.9 Å². The van der Waals surface area contributed by atoms with Crippen molar-refractivity contribution in [3.63, 3.8) is 0 Å². The molecule has 43 heavy (non-hydrogen) atoms. The van der Waals surface area contributed by atoms with Crippen LogP contribution in [0.5, 0.6) is 0 Å². The van der Waals surface area contributed by atoms with E-state index in [0.29, 0.717) is 29.5 Å². The second kappa shape index (κ2) is 11.7. The summed E-state index contributed by atoms with van der Waals surface area (Å²) in [6, 6.07) is 12.4. The maximum atomic E-state index is 13.7. The summed E-state index contributed by atoms with van der Waals surface area (Å²) in [4.78, 5) is 10.9. The average molecular weight is 594 g/mol. The van der Waals surface area contributed by atoms with Crippen molar-refractivity contribution in [1.82, 2.24) is 25.2 Å². The molecule has 0 spiro atoms. The van der Waals surface area contributed by atoms with Gasteiger partial charge in [-0.25, -0.2) is 4.98 Å². The number of halogens is 3. The number of benzene rings is 2. The molecule has 0 bridgehead atoms. The number of rotatable bonds is 12. The summed E-state index contributed by atoms with van der Waals surface area (Å²) in [5, 5.41) is 23.8.